The Labute approximate surface area is 192 Å². The summed E-state index contributed by atoms with van der Waals surface area (Å²) < 4.78 is 29.5. The molecule has 0 radical (unpaired) electrons. The van der Waals surface area contributed by atoms with Crippen LogP contribution in [0.1, 0.15) is 62.3 Å². The molecular formula is C23H46O6Si2. The van der Waals surface area contributed by atoms with Crippen LogP contribution in [0, 0.1) is 5.41 Å². The van der Waals surface area contributed by atoms with Gasteiger partial charge in [-0.3, -0.25) is 4.79 Å². The first-order chi connectivity index (χ1) is 14.1. The Morgan fingerprint density at radius 1 is 0.935 bits per heavy atom. The lowest BCUT2D eigenvalue weighted by molar-refractivity contribution is -0.155. The number of methoxy groups -OCH3 is 1. The van der Waals surface area contributed by atoms with E-state index in [0.717, 1.165) is 5.57 Å². The lowest BCUT2D eigenvalue weighted by atomic mass is 9.83. The highest BCUT2D eigenvalue weighted by atomic mass is 28.4. The second-order valence-electron chi connectivity index (χ2n) is 9.64. The van der Waals surface area contributed by atoms with E-state index >= 15 is 0 Å². The topological polar surface area (TPSA) is 63.2 Å². The second kappa shape index (κ2) is 12.5. The normalized spacial score (nSPS) is 15.4. The molecule has 0 rings (SSSR count). The van der Waals surface area contributed by atoms with Crippen molar-refractivity contribution in [3.63, 3.8) is 0 Å². The van der Waals surface area contributed by atoms with Crippen LogP contribution in [-0.4, -0.2) is 56.1 Å². The third-order valence-corrected chi connectivity index (χ3v) is 12.8. The number of esters is 1. The van der Waals surface area contributed by atoms with Gasteiger partial charge in [-0.05, 0) is 70.9 Å². The van der Waals surface area contributed by atoms with Crippen molar-refractivity contribution in [2.45, 2.75) is 86.5 Å². The van der Waals surface area contributed by atoms with Crippen molar-refractivity contribution >= 4 is 23.1 Å². The number of carbonyl (C=O) groups excluding carboxylic acids is 1. The summed E-state index contributed by atoms with van der Waals surface area (Å²) in [7, 11) is -3.63. The minimum atomic E-state index is -2.90. The Morgan fingerprint density at radius 3 is 1.74 bits per heavy atom. The van der Waals surface area contributed by atoms with Gasteiger partial charge in [0.05, 0.1) is 18.6 Å². The minimum absolute atomic E-state index is 0.00847. The number of carbonyl (C=O) groups is 1. The fourth-order valence-corrected chi connectivity index (χ4v) is 6.43. The van der Waals surface area contributed by atoms with Crippen LogP contribution in [0.3, 0.4) is 0 Å². The van der Waals surface area contributed by atoms with Gasteiger partial charge in [-0.1, -0.05) is 32.9 Å². The average Bonchev–Trinajstić information content (AvgIpc) is 2.64. The Balaban J connectivity index is 6.14. The summed E-state index contributed by atoms with van der Waals surface area (Å²) in [5, 5.41) is 0.00847. The largest absolute Gasteiger partial charge is 0.529 e. The maximum absolute atomic E-state index is 12.6. The molecule has 0 bridgehead atoms. The fraction of sp³-hybridized carbons (Fsp3) is 0.783. The van der Waals surface area contributed by atoms with Gasteiger partial charge in [0.2, 0.25) is 0 Å². The van der Waals surface area contributed by atoms with Gasteiger partial charge in [-0.2, -0.15) is 0 Å². The van der Waals surface area contributed by atoms with Crippen LogP contribution >= 0.6 is 0 Å². The summed E-state index contributed by atoms with van der Waals surface area (Å²) in [5.74, 6) is -0.297. The van der Waals surface area contributed by atoms with E-state index in [9.17, 15) is 4.79 Å². The lowest BCUT2D eigenvalue weighted by Gasteiger charge is -2.43. The van der Waals surface area contributed by atoms with Crippen LogP contribution in [0.4, 0.5) is 0 Å². The fourth-order valence-electron chi connectivity index (χ4n) is 2.93. The number of allylic oxidation sites excluding steroid dienone is 2. The molecule has 0 spiro atoms. The Hall–Kier alpha value is -0.776. The molecule has 8 heteroatoms. The molecule has 0 aromatic heterocycles. The summed E-state index contributed by atoms with van der Waals surface area (Å²) in [5.41, 5.74) is 1.98. The second-order valence-corrected chi connectivity index (χ2v) is 16.8. The molecule has 0 fully saturated rings. The van der Waals surface area contributed by atoms with Gasteiger partial charge in [-0.25, -0.2) is 0 Å². The predicted molar refractivity (Wildman–Crippen MR) is 131 cm³/mol. The molecule has 0 N–H and O–H groups in total. The summed E-state index contributed by atoms with van der Waals surface area (Å²) in [4.78, 5) is 12.6. The van der Waals surface area contributed by atoms with Crippen LogP contribution in [-0.2, 0) is 27.2 Å². The number of hydrogen-bond donors (Lipinski definition) is 0. The molecule has 0 aromatic rings. The van der Waals surface area contributed by atoms with Gasteiger partial charge in [0.25, 0.3) is 0 Å². The van der Waals surface area contributed by atoms with E-state index in [-0.39, 0.29) is 11.0 Å². The average molecular weight is 475 g/mol. The summed E-state index contributed by atoms with van der Waals surface area (Å²) in [6, 6.07) is 0. The number of rotatable bonds is 13. The van der Waals surface area contributed by atoms with E-state index in [0.29, 0.717) is 19.8 Å². The quantitative estimate of drug-likeness (QED) is 0.195. The Kier molecular flexibility index (Phi) is 12.1. The van der Waals surface area contributed by atoms with Crippen molar-refractivity contribution in [2.75, 3.05) is 26.9 Å². The smallest absolute Gasteiger partial charge is 0.469 e. The highest BCUT2D eigenvalue weighted by molar-refractivity contribution is 6.74. The molecule has 182 valence electrons. The van der Waals surface area contributed by atoms with Crippen molar-refractivity contribution in [1.29, 1.82) is 0 Å². The van der Waals surface area contributed by atoms with Crippen LogP contribution < -0.4 is 0 Å². The molecule has 0 saturated carbocycles. The first-order valence-corrected chi connectivity index (χ1v) is 15.9. The zero-order valence-corrected chi connectivity index (χ0v) is 23.9. The molecule has 0 aliphatic heterocycles. The zero-order valence-electron chi connectivity index (χ0n) is 21.9. The monoisotopic (exact) mass is 474 g/mol. The minimum Gasteiger partial charge on any atom is -0.469 e. The summed E-state index contributed by atoms with van der Waals surface area (Å²) >= 11 is 0. The molecule has 31 heavy (non-hydrogen) atoms. The van der Waals surface area contributed by atoms with E-state index in [1.807, 2.05) is 59.4 Å². The third kappa shape index (κ3) is 8.59. The maximum atomic E-state index is 12.6. The van der Waals surface area contributed by atoms with Crippen molar-refractivity contribution in [2.24, 2.45) is 5.41 Å². The van der Waals surface area contributed by atoms with E-state index in [4.69, 9.17) is 22.4 Å². The van der Waals surface area contributed by atoms with Crippen LogP contribution in [0.25, 0.3) is 0 Å². The summed E-state index contributed by atoms with van der Waals surface area (Å²) in [6.07, 6.45) is 3.44. The standard InChI is InChI=1S/C23H46O6Si2/c1-13-26-31(27-14-2,28-15-3)18-16-17-19(4)20(23(8,9)21(24)25-10)29-30(11,12)22(5,6)7/h16-18,20H,13-15H2,1-12H3/b18-16+,19-17+/t20-/m1/s1. The van der Waals surface area contributed by atoms with Gasteiger partial charge >= 0.3 is 14.8 Å². The van der Waals surface area contributed by atoms with E-state index < -0.39 is 28.6 Å². The molecular weight excluding hydrogens is 428 g/mol. The van der Waals surface area contributed by atoms with Gasteiger partial charge in [0.15, 0.2) is 8.32 Å². The molecule has 0 aromatic carbocycles. The van der Waals surface area contributed by atoms with Crippen molar-refractivity contribution in [3.05, 3.63) is 23.4 Å². The molecule has 0 saturated heterocycles. The van der Waals surface area contributed by atoms with Crippen molar-refractivity contribution < 1.29 is 27.2 Å². The van der Waals surface area contributed by atoms with E-state index in [1.165, 1.54) is 7.11 Å². The van der Waals surface area contributed by atoms with Crippen LogP contribution in [0.5, 0.6) is 0 Å². The number of hydrogen-bond acceptors (Lipinski definition) is 6. The van der Waals surface area contributed by atoms with Crippen LogP contribution in [0.2, 0.25) is 18.1 Å². The highest BCUT2D eigenvalue weighted by Crippen LogP contribution is 2.41. The van der Waals surface area contributed by atoms with Gasteiger partial charge < -0.3 is 22.4 Å². The highest BCUT2D eigenvalue weighted by Gasteiger charge is 2.46. The SMILES string of the molecule is CCO[Si](/C=C/C=C(\C)[C@@H](O[Si](C)(C)C(C)(C)C)C(C)(C)C(=O)OC)(OCC)OCC. The summed E-state index contributed by atoms with van der Waals surface area (Å²) in [6.45, 7) is 24.0. The van der Waals surface area contributed by atoms with E-state index in [1.54, 1.807) is 0 Å². The molecule has 1 atom stereocenters. The van der Waals surface area contributed by atoms with Crippen LogP contribution in [0.15, 0.2) is 23.4 Å². The molecule has 0 heterocycles. The van der Waals surface area contributed by atoms with E-state index in [2.05, 4.69) is 33.9 Å². The lowest BCUT2D eigenvalue weighted by Crippen LogP contribution is -2.50. The van der Waals surface area contributed by atoms with Crippen molar-refractivity contribution in [1.82, 2.24) is 0 Å². The molecule has 0 aliphatic carbocycles. The Morgan fingerprint density at radius 2 is 1.39 bits per heavy atom. The number of ether oxygens (including phenoxy) is 1. The van der Waals surface area contributed by atoms with Gasteiger partial charge in [-0.15, -0.1) is 0 Å². The first-order valence-electron chi connectivity index (χ1n) is 11.2. The zero-order chi connectivity index (χ0) is 24.5. The Bertz CT molecular complexity index is 603. The third-order valence-electron chi connectivity index (χ3n) is 5.70. The molecule has 6 nitrogen and oxygen atoms in total. The van der Waals surface area contributed by atoms with Crippen molar-refractivity contribution in [3.8, 4) is 0 Å². The molecule has 0 amide bonds. The van der Waals surface area contributed by atoms with Gasteiger partial charge in [0.1, 0.15) is 0 Å². The maximum Gasteiger partial charge on any atom is 0.529 e. The molecule has 0 aliphatic rings. The molecule has 0 unspecified atom stereocenters. The first kappa shape index (κ1) is 30.2. The van der Waals surface area contributed by atoms with Gasteiger partial charge in [0, 0.05) is 19.8 Å². The predicted octanol–water partition coefficient (Wildman–Crippen LogP) is 5.67.